The lowest BCUT2D eigenvalue weighted by molar-refractivity contribution is 0.222. The summed E-state index contributed by atoms with van der Waals surface area (Å²) in [4.78, 5) is 21.8. The summed E-state index contributed by atoms with van der Waals surface area (Å²) in [6.07, 6.45) is 5.01. The second-order valence-corrected chi connectivity index (χ2v) is 9.24. The number of urea groups is 1. The van der Waals surface area contributed by atoms with Crippen molar-refractivity contribution < 1.29 is 22.0 Å². The summed E-state index contributed by atoms with van der Waals surface area (Å²) >= 11 is 0. The number of likely N-dealkylation sites (tertiary alicyclic amines) is 1. The molecule has 2 amide bonds. The Bertz CT molecular complexity index is 1310. The molecule has 2 aromatic heterocycles. The van der Waals surface area contributed by atoms with E-state index in [1.54, 1.807) is 36.2 Å². The number of anilines is 2. The summed E-state index contributed by atoms with van der Waals surface area (Å²) in [7, 11) is -4.32. The Morgan fingerprint density at radius 3 is 2.52 bits per heavy atom. The number of aromatic nitrogens is 2. The lowest BCUT2D eigenvalue weighted by Gasteiger charge is -2.16. The molecule has 0 radical (unpaired) electrons. The van der Waals surface area contributed by atoms with Gasteiger partial charge in [0, 0.05) is 37.1 Å². The van der Waals surface area contributed by atoms with Crippen molar-refractivity contribution in [2.45, 2.75) is 24.7 Å². The molecule has 1 aromatic carbocycles. The highest BCUT2D eigenvalue weighted by Gasteiger charge is 2.21. The smallest absolute Gasteiger partial charge is 0.323 e. The molecule has 172 valence electrons. The Labute approximate surface area is 189 Å². The van der Waals surface area contributed by atoms with Gasteiger partial charge >= 0.3 is 6.03 Å². The van der Waals surface area contributed by atoms with Crippen LogP contribution in [0.1, 0.15) is 18.5 Å². The number of carbonyl (C=O) groups is 1. The summed E-state index contributed by atoms with van der Waals surface area (Å²) < 4.78 is 54.9. The Kier molecular flexibility index (Phi) is 6.23. The van der Waals surface area contributed by atoms with E-state index in [-0.39, 0.29) is 11.7 Å². The normalized spacial score (nSPS) is 13.7. The first-order chi connectivity index (χ1) is 15.7. The van der Waals surface area contributed by atoms with Crippen molar-refractivity contribution in [1.29, 1.82) is 0 Å². The highest BCUT2D eigenvalue weighted by atomic mass is 32.2. The van der Waals surface area contributed by atoms with Gasteiger partial charge < -0.3 is 4.90 Å². The molecule has 3 heterocycles. The van der Waals surface area contributed by atoms with E-state index in [4.69, 9.17) is 0 Å². The number of carbonyl (C=O) groups excluding carboxylic acids is 1. The number of amides is 2. The van der Waals surface area contributed by atoms with Crippen molar-refractivity contribution in [2.24, 2.45) is 0 Å². The van der Waals surface area contributed by atoms with Crippen molar-refractivity contribution in [2.75, 3.05) is 23.1 Å². The average molecular weight is 474 g/mol. The van der Waals surface area contributed by atoms with Crippen LogP contribution in [-0.2, 0) is 10.0 Å². The van der Waals surface area contributed by atoms with Crippen LogP contribution in [0.5, 0.6) is 0 Å². The van der Waals surface area contributed by atoms with Crippen LogP contribution in [0.15, 0.2) is 53.7 Å². The van der Waals surface area contributed by atoms with Crippen molar-refractivity contribution in [3.8, 4) is 11.1 Å². The third kappa shape index (κ3) is 5.08. The molecular weight excluding hydrogens is 452 g/mol. The average Bonchev–Trinajstić information content (AvgIpc) is 3.30. The van der Waals surface area contributed by atoms with E-state index in [0.29, 0.717) is 41.8 Å². The van der Waals surface area contributed by atoms with E-state index in [1.807, 2.05) is 0 Å². The predicted molar refractivity (Wildman–Crippen MR) is 119 cm³/mol. The van der Waals surface area contributed by atoms with Gasteiger partial charge in [0.25, 0.3) is 10.0 Å². The lowest BCUT2D eigenvalue weighted by atomic mass is 10.1. The predicted octanol–water partition coefficient (Wildman–Crippen LogP) is 4.16. The monoisotopic (exact) mass is 473 g/mol. The number of aryl methyl sites for hydroxylation is 1. The van der Waals surface area contributed by atoms with Crippen molar-refractivity contribution in [1.82, 2.24) is 14.9 Å². The zero-order chi connectivity index (χ0) is 23.6. The molecule has 2 N–H and O–H groups in total. The van der Waals surface area contributed by atoms with Gasteiger partial charge in [0.1, 0.15) is 22.3 Å². The molecule has 0 unspecified atom stereocenters. The van der Waals surface area contributed by atoms with Crippen molar-refractivity contribution in [3.05, 3.63) is 66.1 Å². The number of pyridine rings is 2. The van der Waals surface area contributed by atoms with Gasteiger partial charge in [-0.05, 0) is 55.7 Å². The Morgan fingerprint density at radius 2 is 1.79 bits per heavy atom. The first-order valence-electron chi connectivity index (χ1n) is 10.2. The summed E-state index contributed by atoms with van der Waals surface area (Å²) in [5.74, 6) is -1.73. The van der Waals surface area contributed by atoms with Gasteiger partial charge in [-0.25, -0.2) is 27.0 Å². The second kappa shape index (κ2) is 9.10. The van der Waals surface area contributed by atoms with Crippen LogP contribution in [0.4, 0.5) is 25.1 Å². The van der Waals surface area contributed by atoms with E-state index in [2.05, 4.69) is 20.0 Å². The Morgan fingerprint density at radius 1 is 1.03 bits per heavy atom. The number of nitrogens with zero attached hydrogens (tertiary/aromatic N) is 3. The van der Waals surface area contributed by atoms with Gasteiger partial charge in [-0.1, -0.05) is 0 Å². The van der Waals surface area contributed by atoms with Crippen LogP contribution in [-0.4, -0.2) is 42.4 Å². The van der Waals surface area contributed by atoms with Gasteiger partial charge in [0.15, 0.2) is 0 Å². The molecule has 0 atom stereocenters. The zero-order valence-corrected chi connectivity index (χ0v) is 18.5. The Hall–Kier alpha value is -3.60. The highest BCUT2D eigenvalue weighted by Crippen LogP contribution is 2.27. The van der Waals surface area contributed by atoms with E-state index in [1.165, 1.54) is 6.20 Å². The summed E-state index contributed by atoms with van der Waals surface area (Å²) in [6, 6.07) is 6.89. The maximum atomic E-state index is 14.0. The third-order valence-corrected chi connectivity index (χ3v) is 6.63. The molecule has 1 aliphatic heterocycles. The molecule has 0 spiro atoms. The minimum absolute atomic E-state index is 0.135. The minimum atomic E-state index is -4.32. The fraction of sp³-hybridized carbons (Fsp3) is 0.227. The van der Waals surface area contributed by atoms with E-state index < -0.39 is 26.6 Å². The number of benzene rings is 1. The standard InChI is InChI=1S/C22H21F2N5O3S/c1-14-19(28-33(31,32)20-5-4-17(23)12-18(20)24)10-16(13-26-14)15-6-7-25-21(11-15)27-22(30)29-8-2-3-9-29/h4-7,10-13,28H,2-3,8-9H2,1H3,(H,25,27,30). The lowest BCUT2D eigenvalue weighted by Crippen LogP contribution is -2.32. The summed E-state index contributed by atoms with van der Waals surface area (Å²) in [5.41, 5.74) is 1.69. The molecule has 0 aliphatic carbocycles. The quantitative estimate of drug-likeness (QED) is 0.579. The van der Waals surface area contributed by atoms with E-state index in [9.17, 15) is 22.0 Å². The molecule has 11 heteroatoms. The van der Waals surface area contributed by atoms with Gasteiger partial charge in [-0.2, -0.15) is 0 Å². The molecule has 1 saturated heterocycles. The Balaban J connectivity index is 1.59. The van der Waals surface area contributed by atoms with Gasteiger partial charge in [0.2, 0.25) is 0 Å². The van der Waals surface area contributed by atoms with Crippen LogP contribution in [0.3, 0.4) is 0 Å². The molecule has 3 aromatic rings. The van der Waals surface area contributed by atoms with Crippen LogP contribution in [0.25, 0.3) is 11.1 Å². The number of hydrogen-bond acceptors (Lipinski definition) is 5. The molecule has 4 rings (SSSR count). The van der Waals surface area contributed by atoms with Crippen LogP contribution in [0.2, 0.25) is 0 Å². The fourth-order valence-electron chi connectivity index (χ4n) is 3.47. The third-order valence-electron chi connectivity index (χ3n) is 5.24. The summed E-state index contributed by atoms with van der Waals surface area (Å²) in [5, 5.41) is 2.76. The number of sulfonamides is 1. The molecule has 33 heavy (non-hydrogen) atoms. The SMILES string of the molecule is Cc1ncc(-c2ccnc(NC(=O)N3CCCC3)c2)cc1NS(=O)(=O)c1ccc(F)cc1F. The van der Waals surface area contributed by atoms with Crippen molar-refractivity contribution in [3.63, 3.8) is 0 Å². The molecule has 0 saturated carbocycles. The summed E-state index contributed by atoms with van der Waals surface area (Å²) in [6.45, 7) is 2.99. The van der Waals surface area contributed by atoms with Crippen LogP contribution in [0, 0.1) is 18.6 Å². The number of hydrogen-bond donors (Lipinski definition) is 2. The first kappa shape index (κ1) is 22.6. The molecular formula is C22H21F2N5O3S. The fourth-order valence-corrected chi connectivity index (χ4v) is 4.64. The van der Waals surface area contributed by atoms with Crippen LogP contribution < -0.4 is 10.0 Å². The van der Waals surface area contributed by atoms with Gasteiger partial charge in [-0.3, -0.25) is 15.0 Å². The zero-order valence-electron chi connectivity index (χ0n) is 17.7. The maximum absolute atomic E-state index is 14.0. The van der Waals surface area contributed by atoms with Gasteiger partial charge in [0.05, 0.1) is 11.4 Å². The molecule has 1 fully saturated rings. The van der Waals surface area contributed by atoms with Gasteiger partial charge in [-0.15, -0.1) is 0 Å². The second-order valence-electron chi connectivity index (χ2n) is 7.59. The number of halogens is 2. The highest BCUT2D eigenvalue weighted by molar-refractivity contribution is 7.92. The number of nitrogens with one attached hydrogen (secondary N) is 2. The maximum Gasteiger partial charge on any atom is 0.323 e. The molecule has 1 aliphatic rings. The van der Waals surface area contributed by atoms with Crippen LogP contribution >= 0.6 is 0 Å². The van der Waals surface area contributed by atoms with E-state index in [0.717, 1.165) is 25.0 Å². The largest absolute Gasteiger partial charge is 0.324 e. The minimum Gasteiger partial charge on any atom is -0.324 e. The van der Waals surface area contributed by atoms with Crippen molar-refractivity contribution >= 4 is 27.6 Å². The first-order valence-corrected chi connectivity index (χ1v) is 11.7. The van der Waals surface area contributed by atoms with E-state index >= 15 is 0 Å². The topological polar surface area (TPSA) is 104 Å². The molecule has 8 nitrogen and oxygen atoms in total. The number of rotatable bonds is 5. The molecule has 0 bridgehead atoms.